The third kappa shape index (κ3) is 3.43. The third-order valence-corrected chi connectivity index (χ3v) is 2.14. The zero-order valence-corrected chi connectivity index (χ0v) is 10.6. The number of aromatic amines is 1. The second kappa shape index (κ2) is 7.10. The standard InChI is InChI=1S/C12H17N.C2H6/c1-5-7-12-10(6-2)11(8-13-12)9(3)4;1-2/h5-9,13H,2H2,1,3-4H3;1-2H3/b7-5-;. The molecule has 84 valence electrons. The minimum atomic E-state index is 0.545. The van der Waals surface area contributed by atoms with Crippen molar-refractivity contribution in [2.75, 3.05) is 0 Å². The van der Waals surface area contributed by atoms with Crippen molar-refractivity contribution in [3.05, 3.63) is 35.7 Å². The third-order valence-electron chi connectivity index (χ3n) is 2.14. The summed E-state index contributed by atoms with van der Waals surface area (Å²) < 4.78 is 0. The first-order valence-corrected chi connectivity index (χ1v) is 5.67. The van der Waals surface area contributed by atoms with E-state index in [2.05, 4.69) is 37.7 Å². The normalized spacial score (nSPS) is 10.3. The van der Waals surface area contributed by atoms with Crippen LogP contribution in [0.3, 0.4) is 0 Å². The average Bonchev–Trinajstić information content (AvgIpc) is 2.64. The molecule has 0 spiro atoms. The fraction of sp³-hybridized carbons (Fsp3) is 0.429. The Morgan fingerprint density at radius 1 is 1.33 bits per heavy atom. The van der Waals surface area contributed by atoms with Crippen LogP contribution < -0.4 is 0 Å². The highest BCUT2D eigenvalue weighted by atomic mass is 14.7. The van der Waals surface area contributed by atoms with E-state index in [0.717, 1.165) is 5.69 Å². The van der Waals surface area contributed by atoms with E-state index in [-0.39, 0.29) is 0 Å². The van der Waals surface area contributed by atoms with Gasteiger partial charge in [0.1, 0.15) is 0 Å². The van der Waals surface area contributed by atoms with Crippen LogP contribution in [0.2, 0.25) is 0 Å². The predicted octanol–water partition coefficient (Wildman–Crippen LogP) is 4.84. The Hall–Kier alpha value is -1.24. The van der Waals surface area contributed by atoms with E-state index >= 15 is 0 Å². The number of H-pyrrole nitrogens is 1. The molecule has 0 aliphatic heterocycles. The molecular formula is C14H23N. The Bertz CT molecular complexity index is 316. The van der Waals surface area contributed by atoms with E-state index in [1.807, 2.05) is 32.9 Å². The van der Waals surface area contributed by atoms with Crippen LogP contribution in [-0.4, -0.2) is 4.98 Å². The number of hydrogen-bond donors (Lipinski definition) is 1. The van der Waals surface area contributed by atoms with Crippen LogP contribution in [0.4, 0.5) is 0 Å². The molecule has 1 nitrogen and oxygen atoms in total. The number of nitrogens with one attached hydrogen (secondary N) is 1. The average molecular weight is 205 g/mol. The zero-order chi connectivity index (χ0) is 11.8. The first-order valence-electron chi connectivity index (χ1n) is 5.67. The van der Waals surface area contributed by atoms with Crippen molar-refractivity contribution in [3.63, 3.8) is 0 Å². The zero-order valence-electron chi connectivity index (χ0n) is 10.6. The van der Waals surface area contributed by atoms with Gasteiger partial charge in [0.25, 0.3) is 0 Å². The second-order valence-electron chi connectivity index (χ2n) is 3.43. The summed E-state index contributed by atoms with van der Waals surface area (Å²) in [6.45, 7) is 14.2. The summed E-state index contributed by atoms with van der Waals surface area (Å²) in [5.41, 5.74) is 3.72. The number of aromatic nitrogens is 1. The van der Waals surface area contributed by atoms with E-state index in [9.17, 15) is 0 Å². The summed E-state index contributed by atoms with van der Waals surface area (Å²) in [5, 5.41) is 0. The maximum atomic E-state index is 3.84. The molecular weight excluding hydrogens is 182 g/mol. The highest BCUT2D eigenvalue weighted by Crippen LogP contribution is 2.24. The first-order chi connectivity index (χ1) is 7.20. The Kier molecular flexibility index (Phi) is 6.52. The summed E-state index contributed by atoms with van der Waals surface area (Å²) in [4.78, 5) is 3.25. The number of hydrogen-bond acceptors (Lipinski definition) is 0. The summed E-state index contributed by atoms with van der Waals surface area (Å²) in [6, 6.07) is 0. The molecule has 1 aromatic heterocycles. The van der Waals surface area contributed by atoms with Gasteiger partial charge >= 0.3 is 0 Å². The SMILES string of the molecule is C=Cc1c(C(C)C)c[nH]c1/C=C\C.CC. The fourth-order valence-electron chi connectivity index (χ4n) is 1.48. The number of allylic oxidation sites excluding steroid dienone is 1. The lowest BCUT2D eigenvalue weighted by Crippen LogP contribution is -1.86. The van der Waals surface area contributed by atoms with Gasteiger partial charge in [0.15, 0.2) is 0 Å². The van der Waals surface area contributed by atoms with E-state index < -0.39 is 0 Å². The van der Waals surface area contributed by atoms with Crippen LogP contribution in [0.25, 0.3) is 12.2 Å². The molecule has 1 N–H and O–H groups in total. The molecule has 15 heavy (non-hydrogen) atoms. The molecule has 1 aromatic rings. The lowest BCUT2D eigenvalue weighted by Gasteiger charge is -2.03. The number of rotatable bonds is 3. The van der Waals surface area contributed by atoms with Crippen LogP contribution in [0, 0.1) is 0 Å². The van der Waals surface area contributed by atoms with Gasteiger partial charge in [-0.2, -0.15) is 0 Å². The molecule has 0 atom stereocenters. The van der Waals surface area contributed by atoms with Gasteiger partial charge in [0.2, 0.25) is 0 Å². The minimum absolute atomic E-state index is 0.545. The molecule has 0 saturated carbocycles. The topological polar surface area (TPSA) is 15.8 Å². The molecule has 0 saturated heterocycles. The Morgan fingerprint density at radius 3 is 2.33 bits per heavy atom. The van der Waals surface area contributed by atoms with Gasteiger partial charge in [-0.25, -0.2) is 0 Å². The van der Waals surface area contributed by atoms with Crippen LogP contribution in [-0.2, 0) is 0 Å². The van der Waals surface area contributed by atoms with Gasteiger partial charge in [-0.15, -0.1) is 0 Å². The van der Waals surface area contributed by atoms with Crippen molar-refractivity contribution in [1.29, 1.82) is 0 Å². The van der Waals surface area contributed by atoms with Gasteiger partial charge in [0.05, 0.1) is 0 Å². The molecule has 0 amide bonds. The maximum absolute atomic E-state index is 3.84. The highest BCUT2D eigenvalue weighted by Gasteiger charge is 2.08. The molecule has 1 rings (SSSR count). The summed E-state index contributed by atoms with van der Waals surface area (Å²) >= 11 is 0. The first kappa shape index (κ1) is 13.8. The summed E-state index contributed by atoms with van der Waals surface area (Å²) in [5.74, 6) is 0.545. The highest BCUT2D eigenvalue weighted by molar-refractivity contribution is 5.65. The van der Waals surface area contributed by atoms with E-state index in [1.54, 1.807) is 0 Å². The molecule has 0 bridgehead atoms. The van der Waals surface area contributed by atoms with Crippen molar-refractivity contribution in [2.24, 2.45) is 0 Å². The molecule has 1 heteroatoms. The summed E-state index contributed by atoms with van der Waals surface area (Å²) in [7, 11) is 0. The molecule has 0 aromatic carbocycles. The van der Waals surface area contributed by atoms with Crippen LogP contribution in [0.1, 0.15) is 57.4 Å². The monoisotopic (exact) mass is 205 g/mol. The van der Waals surface area contributed by atoms with E-state index in [0.29, 0.717) is 5.92 Å². The van der Waals surface area contributed by atoms with Crippen LogP contribution in [0.15, 0.2) is 18.9 Å². The quantitative estimate of drug-likeness (QED) is 0.726. The molecule has 0 aliphatic rings. The van der Waals surface area contributed by atoms with Gasteiger partial charge in [-0.05, 0) is 24.5 Å². The lowest BCUT2D eigenvalue weighted by atomic mass is 10.0. The van der Waals surface area contributed by atoms with Gasteiger partial charge in [0, 0.05) is 17.5 Å². The minimum Gasteiger partial charge on any atom is -0.361 e. The van der Waals surface area contributed by atoms with Crippen LogP contribution >= 0.6 is 0 Å². The Labute approximate surface area is 93.9 Å². The van der Waals surface area contributed by atoms with Gasteiger partial charge in [-0.1, -0.05) is 46.4 Å². The van der Waals surface area contributed by atoms with Crippen molar-refractivity contribution in [3.8, 4) is 0 Å². The van der Waals surface area contributed by atoms with Gasteiger partial charge in [-0.3, -0.25) is 0 Å². The van der Waals surface area contributed by atoms with E-state index in [4.69, 9.17) is 0 Å². The van der Waals surface area contributed by atoms with Crippen molar-refractivity contribution in [2.45, 2.75) is 40.5 Å². The molecule has 0 radical (unpaired) electrons. The molecule has 0 unspecified atom stereocenters. The Balaban J connectivity index is 0.000000921. The lowest BCUT2D eigenvalue weighted by molar-refractivity contribution is 0.866. The fourth-order valence-corrected chi connectivity index (χ4v) is 1.48. The van der Waals surface area contributed by atoms with Crippen molar-refractivity contribution >= 4 is 12.2 Å². The Morgan fingerprint density at radius 2 is 1.93 bits per heavy atom. The van der Waals surface area contributed by atoms with E-state index in [1.165, 1.54) is 11.1 Å². The second-order valence-corrected chi connectivity index (χ2v) is 3.43. The predicted molar refractivity (Wildman–Crippen MR) is 71.0 cm³/mol. The molecule has 0 fully saturated rings. The smallest absolute Gasteiger partial charge is 0.0453 e. The summed E-state index contributed by atoms with van der Waals surface area (Å²) in [6.07, 6.45) is 8.09. The largest absolute Gasteiger partial charge is 0.361 e. The van der Waals surface area contributed by atoms with Gasteiger partial charge < -0.3 is 4.98 Å². The van der Waals surface area contributed by atoms with Crippen molar-refractivity contribution in [1.82, 2.24) is 4.98 Å². The van der Waals surface area contributed by atoms with Crippen molar-refractivity contribution < 1.29 is 0 Å². The molecule has 0 aliphatic carbocycles. The van der Waals surface area contributed by atoms with Crippen LogP contribution in [0.5, 0.6) is 0 Å². The maximum Gasteiger partial charge on any atom is 0.0453 e. The molecule has 1 heterocycles.